The van der Waals surface area contributed by atoms with Crippen molar-refractivity contribution < 1.29 is 8.83 Å². The van der Waals surface area contributed by atoms with E-state index in [1.54, 1.807) is 0 Å². The van der Waals surface area contributed by atoms with Crippen LogP contribution in [0.3, 0.4) is 0 Å². The van der Waals surface area contributed by atoms with Gasteiger partial charge in [-0.3, -0.25) is 0 Å². The van der Waals surface area contributed by atoms with Gasteiger partial charge in [-0.1, -0.05) is 255 Å². The number of anilines is 6. The van der Waals surface area contributed by atoms with Gasteiger partial charge in [0.15, 0.2) is 0 Å². The summed E-state index contributed by atoms with van der Waals surface area (Å²) in [7, 11) is 0. The maximum Gasteiger partial charge on any atom is 0.252 e. The van der Waals surface area contributed by atoms with Gasteiger partial charge in [-0.2, -0.15) is 0 Å². The van der Waals surface area contributed by atoms with Crippen molar-refractivity contribution in [2.45, 2.75) is 90.4 Å². The SMILES string of the molecule is CC(C)(C)c1cc(-c2ccccc2)c(N2c3cc(-c4ccc5c(c4)oc4ccccc45)ccc3B3c4ccc(-c5ccc6c(c5)oc5ccccc56)cc4N(c4c(-c5ccccc5)cc(C(C)(C)C)cc4-c4ccccc4)c4cc(C5CCCCC5)cc2c43)c(-c2ccccc2)c1. The molecule has 0 amide bonds. The Morgan fingerprint density at radius 1 is 0.309 bits per heavy atom. The fourth-order valence-electron chi connectivity index (χ4n) is 16.3. The number of benzene rings is 13. The van der Waals surface area contributed by atoms with Crippen LogP contribution in [0, 0.1) is 0 Å². The molecule has 18 rings (SSSR count). The highest BCUT2D eigenvalue weighted by molar-refractivity contribution is 7.00. The zero-order chi connectivity index (χ0) is 65.3. The van der Waals surface area contributed by atoms with Crippen LogP contribution in [-0.2, 0) is 10.8 Å². The van der Waals surface area contributed by atoms with Gasteiger partial charge in [0.25, 0.3) is 6.71 Å². The average molecular weight is 1250 g/mol. The lowest BCUT2D eigenvalue weighted by Gasteiger charge is -2.46. The van der Waals surface area contributed by atoms with E-state index < -0.39 is 0 Å². The molecule has 1 fully saturated rings. The minimum Gasteiger partial charge on any atom is -0.456 e. The Morgan fingerprint density at radius 2 is 0.649 bits per heavy atom. The summed E-state index contributed by atoms with van der Waals surface area (Å²) in [6, 6.07) is 105. The third-order valence-electron chi connectivity index (χ3n) is 21.3. The highest BCUT2D eigenvalue weighted by atomic mass is 16.3. The quantitative estimate of drug-likeness (QED) is 0.135. The molecule has 2 aliphatic heterocycles. The van der Waals surface area contributed by atoms with E-state index in [-0.39, 0.29) is 17.5 Å². The molecule has 15 aromatic rings. The van der Waals surface area contributed by atoms with Crippen molar-refractivity contribution in [1.82, 2.24) is 0 Å². The molecular weight excluding hydrogens is 1180 g/mol. The van der Waals surface area contributed by atoms with Crippen molar-refractivity contribution in [2.24, 2.45) is 0 Å². The van der Waals surface area contributed by atoms with Gasteiger partial charge in [0.2, 0.25) is 0 Å². The fraction of sp³-hybridized carbons (Fsp3) is 0.152. The summed E-state index contributed by atoms with van der Waals surface area (Å²) in [6.45, 7) is 14.0. The fourth-order valence-corrected chi connectivity index (χ4v) is 16.3. The molecule has 3 aliphatic rings. The third kappa shape index (κ3) is 9.95. The van der Waals surface area contributed by atoms with Gasteiger partial charge in [-0.05, 0) is 192 Å². The molecule has 4 nitrogen and oxygen atoms in total. The number of fused-ring (bicyclic) bond motifs is 10. The molecule has 0 bridgehead atoms. The first-order valence-corrected chi connectivity index (χ1v) is 34.8. The Kier molecular flexibility index (Phi) is 13.9. The Morgan fingerprint density at radius 3 is 1.03 bits per heavy atom. The standard InChI is InChI=1S/C92H75BN2O2/c1-91(2,3)68-54-74(59-28-14-8-15-29-59)89(75(55-68)60-30-16-9-17-31-60)94-80-48-63(65-40-44-72-70-36-22-24-38-84(70)96-86(72)52-65)42-46-78(80)93-79-47-43-64(66-41-45-73-71-37-23-25-39-85(71)97-87(73)53-66)49-81(79)95(83-51-67(50-82(94)88(83)93)58-26-12-7-13-27-58)90-76(61-32-18-10-19-33-61)56-69(92(4,5)6)57-77(90)62-34-20-11-21-35-62/h8-11,14-25,28-58H,7,12-13,26-27H2,1-6H3. The van der Waals surface area contributed by atoms with Gasteiger partial charge in [-0.15, -0.1) is 0 Å². The maximum atomic E-state index is 6.70. The molecule has 0 N–H and O–H groups in total. The molecule has 4 heterocycles. The Hall–Kier alpha value is -10.9. The predicted molar refractivity (Wildman–Crippen MR) is 411 cm³/mol. The molecule has 2 aromatic heterocycles. The van der Waals surface area contributed by atoms with E-state index in [0.29, 0.717) is 5.92 Å². The predicted octanol–water partition coefficient (Wildman–Crippen LogP) is 24.2. The van der Waals surface area contributed by atoms with Crippen LogP contribution in [0.1, 0.15) is 96.3 Å². The van der Waals surface area contributed by atoms with Gasteiger partial charge < -0.3 is 18.6 Å². The van der Waals surface area contributed by atoms with E-state index in [9.17, 15) is 0 Å². The number of hydrogen-bond acceptors (Lipinski definition) is 4. The lowest BCUT2D eigenvalue weighted by molar-refractivity contribution is 0.444. The van der Waals surface area contributed by atoms with Crippen molar-refractivity contribution in [2.75, 3.05) is 9.80 Å². The van der Waals surface area contributed by atoms with Crippen LogP contribution in [0.2, 0.25) is 0 Å². The maximum absolute atomic E-state index is 6.70. The smallest absolute Gasteiger partial charge is 0.252 e. The Labute approximate surface area is 569 Å². The molecule has 13 aromatic carbocycles. The molecule has 0 spiro atoms. The minimum absolute atomic E-state index is 0.171. The van der Waals surface area contributed by atoms with Gasteiger partial charge in [-0.25, -0.2) is 0 Å². The molecule has 0 unspecified atom stereocenters. The summed E-state index contributed by atoms with van der Waals surface area (Å²) in [6.07, 6.45) is 5.92. The first kappa shape index (κ1) is 58.7. The van der Waals surface area contributed by atoms with Crippen LogP contribution >= 0.6 is 0 Å². The van der Waals surface area contributed by atoms with Crippen molar-refractivity contribution in [1.29, 1.82) is 0 Å². The number of para-hydroxylation sites is 2. The van der Waals surface area contributed by atoms with Gasteiger partial charge in [0, 0.05) is 66.5 Å². The van der Waals surface area contributed by atoms with E-state index in [2.05, 4.69) is 330 Å². The zero-order valence-corrected chi connectivity index (χ0v) is 56.0. The lowest BCUT2D eigenvalue weighted by atomic mass is 9.33. The van der Waals surface area contributed by atoms with Crippen LogP contribution < -0.4 is 26.2 Å². The zero-order valence-electron chi connectivity index (χ0n) is 56.0. The van der Waals surface area contributed by atoms with E-state index in [0.717, 1.165) is 102 Å². The van der Waals surface area contributed by atoms with E-state index >= 15 is 0 Å². The normalized spacial score (nSPS) is 14.0. The molecule has 5 heteroatoms. The van der Waals surface area contributed by atoms with Crippen LogP contribution in [0.5, 0.6) is 0 Å². The van der Waals surface area contributed by atoms with E-state index in [1.165, 1.54) is 108 Å². The molecule has 1 saturated carbocycles. The topological polar surface area (TPSA) is 32.8 Å². The van der Waals surface area contributed by atoms with Crippen molar-refractivity contribution >= 4 is 101 Å². The summed E-state index contributed by atoms with van der Waals surface area (Å²) < 4.78 is 13.4. The second-order valence-corrected chi connectivity index (χ2v) is 29.4. The molecule has 0 saturated heterocycles. The van der Waals surface area contributed by atoms with Crippen LogP contribution in [0.15, 0.2) is 288 Å². The molecule has 97 heavy (non-hydrogen) atoms. The third-order valence-corrected chi connectivity index (χ3v) is 21.3. The molecular formula is C92H75BN2O2. The van der Waals surface area contributed by atoms with Crippen molar-refractivity contribution in [3.8, 4) is 66.8 Å². The Balaban J connectivity index is 1.000. The summed E-state index contributed by atoms with van der Waals surface area (Å²) in [4.78, 5) is 5.49. The van der Waals surface area contributed by atoms with Crippen molar-refractivity contribution in [3.05, 3.63) is 296 Å². The van der Waals surface area contributed by atoms with Gasteiger partial charge in [0.05, 0.1) is 11.4 Å². The van der Waals surface area contributed by atoms with Crippen LogP contribution in [0.4, 0.5) is 34.1 Å². The van der Waals surface area contributed by atoms with Gasteiger partial charge in [0.1, 0.15) is 22.3 Å². The molecule has 468 valence electrons. The number of nitrogens with zero attached hydrogens (tertiary/aromatic N) is 2. The summed E-state index contributed by atoms with van der Waals surface area (Å²) in [5.41, 5.74) is 31.9. The largest absolute Gasteiger partial charge is 0.456 e. The van der Waals surface area contributed by atoms with E-state index in [1.807, 2.05) is 0 Å². The number of rotatable bonds is 9. The molecule has 0 radical (unpaired) electrons. The number of furan rings is 2. The first-order valence-electron chi connectivity index (χ1n) is 34.8. The highest BCUT2D eigenvalue weighted by Crippen LogP contribution is 2.56. The van der Waals surface area contributed by atoms with Crippen LogP contribution in [0.25, 0.3) is 111 Å². The second-order valence-electron chi connectivity index (χ2n) is 29.4. The summed E-state index contributed by atoms with van der Waals surface area (Å²) in [5.74, 6) is 0.347. The Bertz CT molecular complexity index is 5130. The first-order chi connectivity index (χ1) is 47.4. The number of hydrogen-bond donors (Lipinski definition) is 0. The molecule has 1 aliphatic carbocycles. The summed E-state index contributed by atoms with van der Waals surface area (Å²) >= 11 is 0. The second kappa shape index (κ2) is 22.9. The molecule has 0 atom stereocenters. The minimum atomic E-state index is -0.190. The lowest BCUT2D eigenvalue weighted by Crippen LogP contribution is -2.61. The average Bonchev–Trinajstić information content (AvgIpc) is 1.22. The van der Waals surface area contributed by atoms with Gasteiger partial charge >= 0.3 is 0 Å². The highest BCUT2D eigenvalue weighted by Gasteiger charge is 2.46. The summed E-state index contributed by atoms with van der Waals surface area (Å²) in [5, 5.41) is 4.49. The van der Waals surface area contributed by atoms with E-state index in [4.69, 9.17) is 8.83 Å². The van der Waals surface area contributed by atoms with Crippen molar-refractivity contribution in [3.63, 3.8) is 0 Å². The van der Waals surface area contributed by atoms with Crippen LogP contribution in [-0.4, -0.2) is 6.71 Å². The monoisotopic (exact) mass is 1250 g/mol.